The Morgan fingerprint density at radius 2 is 0.742 bits per heavy atom. The first kappa shape index (κ1) is 60.9. The Morgan fingerprint density at radius 1 is 0.419 bits per heavy atom. The van der Waals surface area contributed by atoms with Crippen LogP contribution in [0.3, 0.4) is 0 Å². The monoisotopic (exact) mass is 878 g/mol. The summed E-state index contributed by atoms with van der Waals surface area (Å²) in [5, 5.41) is 9.40. The van der Waals surface area contributed by atoms with Crippen molar-refractivity contribution in [3.8, 4) is 0 Å². The Labute approximate surface area is 388 Å². The average molecular weight is 879 g/mol. The minimum Gasteiger partial charge on any atom is -0.462 e. The standard InChI is InChI=1S/C56H111NO5/c1-7-11-15-19-24-32-42-52(43-33-25-20-16-12-8-2)61-54(59)46-36-28-23-30-38-48-57(50-40-41-51-58)49-39-31-29-37-47-56(5,6)55(60)62-53(44-34-26-21-17-13-9-3)45-35-27-22-18-14-10-4/h52-53,58H,7-51H2,1-6H3. The van der Waals surface area contributed by atoms with Crippen molar-refractivity contribution in [2.75, 3.05) is 26.2 Å². The molecule has 0 aromatic carbocycles. The van der Waals surface area contributed by atoms with Gasteiger partial charge in [-0.1, -0.05) is 195 Å². The molecule has 0 saturated heterocycles. The maximum Gasteiger partial charge on any atom is 0.311 e. The van der Waals surface area contributed by atoms with E-state index in [9.17, 15) is 14.7 Å². The number of aliphatic hydroxyl groups excluding tert-OH is 1. The van der Waals surface area contributed by atoms with E-state index in [-0.39, 0.29) is 30.8 Å². The van der Waals surface area contributed by atoms with E-state index in [0.29, 0.717) is 6.42 Å². The van der Waals surface area contributed by atoms with E-state index < -0.39 is 5.41 Å². The first-order chi connectivity index (χ1) is 30.2. The highest BCUT2D eigenvalue weighted by molar-refractivity contribution is 5.76. The van der Waals surface area contributed by atoms with Gasteiger partial charge in [0.15, 0.2) is 0 Å². The second-order valence-corrected chi connectivity index (χ2v) is 20.2. The molecule has 0 aliphatic heterocycles. The zero-order chi connectivity index (χ0) is 45.6. The van der Waals surface area contributed by atoms with Gasteiger partial charge in [-0.15, -0.1) is 0 Å². The van der Waals surface area contributed by atoms with Gasteiger partial charge in [-0.2, -0.15) is 0 Å². The number of rotatable bonds is 50. The minimum absolute atomic E-state index is 0.0145. The second kappa shape index (κ2) is 46.4. The van der Waals surface area contributed by atoms with Gasteiger partial charge in [0, 0.05) is 13.0 Å². The van der Waals surface area contributed by atoms with Gasteiger partial charge in [0.1, 0.15) is 12.2 Å². The molecule has 370 valence electrons. The predicted molar refractivity (Wildman–Crippen MR) is 269 cm³/mol. The molecule has 62 heavy (non-hydrogen) atoms. The molecule has 0 radical (unpaired) electrons. The first-order valence-electron chi connectivity index (χ1n) is 28.0. The van der Waals surface area contributed by atoms with E-state index in [1.165, 1.54) is 186 Å². The van der Waals surface area contributed by atoms with Gasteiger partial charge in [-0.3, -0.25) is 9.59 Å². The molecule has 0 saturated carbocycles. The molecule has 0 aromatic heterocycles. The maximum atomic E-state index is 13.5. The number of nitrogens with zero attached hydrogens (tertiary/aromatic N) is 1. The molecule has 0 unspecified atom stereocenters. The fourth-order valence-electron chi connectivity index (χ4n) is 8.97. The Kier molecular flexibility index (Phi) is 45.5. The molecule has 0 aliphatic carbocycles. The van der Waals surface area contributed by atoms with Gasteiger partial charge in [-0.05, 0) is 123 Å². The number of unbranched alkanes of at least 4 members (excludes halogenated alkanes) is 28. The summed E-state index contributed by atoms with van der Waals surface area (Å²) in [6.07, 6.45) is 48.6. The zero-order valence-corrected chi connectivity index (χ0v) is 43.0. The highest BCUT2D eigenvalue weighted by Gasteiger charge is 2.31. The summed E-state index contributed by atoms with van der Waals surface area (Å²) in [6, 6.07) is 0. The van der Waals surface area contributed by atoms with Crippen LogP contribution < -0.4 is 0 Å². The summed E-state index contributed by atoms with van der Waals surface area (Å²) in [7, 11) is 0. The van der Waals surface area contributed by atoms with E-state index in [4.69, 9.17) is 9.47 Å². The van der Waals surface area contributed by atoms with E-state index in [2.05, 4.69) is 46.4 Å². The third-order valence-electron chi connectivity index (χ3n) is 13.4. The lowest BCUT2D eigenvalue weighted by molar-refractivity contribution is -0.161. The summed E-state index contributed by atoms with van der Waals surface area (Å²) >= 11 is 0. The van der Waals surface area contributed by atoms with Gasteiger partial charge in [-0.25, -0.2) is 0 Å². The van der Waals surface area contributed by atoms with Crippen LogP contribution >= 0.6 is 0 Å². The molecule has 0 amide bonds. The SMILES string of the molecule is CCCCCCCCC(CCCCCCCC)OC(=O)CCCCCCCN(CCCCO)CCCCCCC(C)(C)C(=O)OC(CCCCCCCC)CCCCCCCC. The van der Waals surface area contributed by atoms with E-state index >= 15 is 0 Å². The van der Waals surface area contributed by atoms with Gasteiger partial charge in [0.2, 0.25) is 0 Å². The Bertz CT molecular complexity index is 907. The molecule has 1 N–H and O–H groups in total. The smallest absolute Gasteiger partial charge is 0.311 e. The van der Waals surface area contributed by atoms with Crippen LogP contribution in [0, 0.1) is 5.41 Å². The third-order valence-corrected chi connectivity index (χ3v) is 13.4. The van der Waals surface area contributed by atoms with Crippen molar-refractivity contribution in [1.82, 2.24) is 4.90 Å². The molecule has 0 atom stereocenters. The molecular formula is C56H111NO5. The molecule has 0 bridgehead atoms. The molecule has 0 aromatic rings. The van der Waals surface area contributed by atoms with Gasteiger partial charge >= 0.3 is 11.9 Å². The van der Waals surface area contributed by atoms with Crippen LogP contribution in [0.25, 0.3) is 0 Å². The normalized spacial score (nSPS) is 12.0. The van der Waals surface area contributed by atoms with Crippen molar-refractivity contribution in [3.63, 3.8) is 0 Å². The van der Waals surface area contributed by atoms with Crippen molar-refractivity contribution in [2.24, 2.45) is 5.41 Å². The quantitative estimate of drug-likeness (QED) is 0.0485. The molecule has 6 heteroatoms. The lowest BCUT2D eigenvalue weighted by atomic mass is 9.86. The number of ether oxygens (including phenoxy) is 2. The Hall–Kier alpha value is -1.14. The van der Waals surface area contributed by atoms with Crippen molar-refractivity contribution in [3.05, 3.63) is 0 Å². The fourth-order valence-corrected chi connectivity index (χ4v) is 8.97. The molecule has 0 heterocycles. The maximum absolute atomic E-state index is 13.5. The molecular weight excluding hydrogens is 767 g/mol. The minimum atomic E-state index is -0.431. The van der Waals surface area contributed by atoms with E-state index in [1.54, 1.807) is 0 Å². The number of hydrogen-bond acceptors (Lipinski definition) is 6. The predicted octanol–water partition coefficient (Wildman–Crippen LogP) is 17.2. The number of hydrogen-bond donors (Lipinski definition) is 1. The topological polar surface area (TPSA) is 76.1 Å². The summed E-state index contributed by atoms with van der Waals surface area (Å²) in [5.74, 6) is 0.0393. The zero-order valence-electron chi connectivity index (χ0n) is 43.0. The number of carbonyl (C=O) groups excluding carboxylic acids is 2. The van der Waals surface area contributed by atoms with Crippen LogP contribution in [-0.2, 0) is 19.1 Å². The summed E-state index contributed by atoms with van der Waals surface area (Å²) in [6.45, 7) is 16.8. The number of esters is 2. The van der Waals surface area contributed by atoms with Crippen LogP contribution in [0.2, 0.25) is 0 Å². The number of carbonyl (C=O) groups is 2. The van der Waals surface area contributed by atoms with E-state index in [0.717, 1.165) is 90.3 Å². The summed E-state index contributed by atoms with van der Waals surface area (Å²) < 4.78 is 12.4. The first-order valence-corrected chi connectivity index (χ1v) is 28.0. The van der Waals surface area contributed by atoms with Crippen LogP contribution in [0.5, 0.6) is 0 Å². The summed E-state index contributed by atoms with van der Waals surface area (Å²) in [5.41, 5.74) is -0.431. The lowest BCUT2D eigenvalue weighted by Crippen LogP contribution is -2.31. The average Bonchev–Trinajstić information content (AvgIpc) is 3.25. The lowest BCUT2D eigenvalue weighted by Gasteiger charge is -2.27. The number of aliphatic hydroxyl groups is 1. The summed E-state index contributed by atoms with van der Waals surface area (Å²) in [4.78, 5) is 28.9. The largest absolute Gasteiger partial charge is 0.462 e. The Balaban J connectivity index is 4.55. The van der Waals surface area contributed by atoms with Crippen molar-refractivity contribution in [1.29, 1.82) is 0 Å². The molecule has 0 spiro atoms. The third kappa shape index (κ3) is 40.4. The van der Waals surface area contributed by atoms with Gasteiger partial charge in [0.25, 0.3) is 0 Å². The van der Waals surface area contributed by atoms with Gasteiger partial charge < -0.3 is 19.5 Å². The highest BCUT2D eigenvalue weighted by atomic mass is 16.5. The molecule has 0 rings (SSSR count). The highest BCUT2D eigenvalue weighted by Crippen LogP contribution is 2.28. The van der Waals surface area contributed by atoms with Gasteiger partial charge in [0.05, 0.1) is 5.41 Å². The molecule has 0 fully saturated rings. The van der Waals surface area contributed by atoms with Crippen molar-refractivity contribution >= 4 is 11.9 Å². The Morgan fingerprint density at radius 3 is 1.15 bits per heavy atom. The van der Waals surface area contributed by atoms with Crippen molar-refractivity contribution in [2.45, 2.75) is 317 Å². The van der Waals surface area contributed by atoms with Crippen molar-refractivity contribution < 1.29 is 24.2 Å². The fraction of sp³-hybridized carbons (Fsp3) is 0.964. The van der Waals surface area contributed by atoms with Crippen LogP contribution in [0.1, 0.15) is 305 Å². The van der Waals surface area contributed by atoms with Crippen LogP contribution in [0.4, 0.5) is 0 Å². The molecule has 0 aliphatic rings. The molecule has 6 nitrogen and oxygen atoms in total. The van der Waals surface area contributed by atoms with Crippen LogP contribution in [-0.4, -0.2) is 60.4 Å². The van der Waals surface area contributed by atoms with Crippen LogP contribution in [0.15, 0.2) is 0 Å². The second-order valence-electron chi connectivity index (χ2n) is 20.2. The van der Waals surface area contributed by atoms with E-state index in [1.807, 2.05) is 0 Å².